The van der Waals surface area contributed by atoms with Gasteiger partial charge in [0, 0.05) is 11.0 Å². The van der Waals surface area contributed by atoms with Crippen LogP contribution in [0.1, 0.15) is 31.0 Å². The maximum Gasteiger partial charge on any atom is 0.145 e. The van der Waals surface area contributed by atoms with E-state index in [1.54, 1.807) is 0 Å². The zero-order valence-electron chi connectivity index (χ0n) is 11.8. The summed E-state index contributed by atoms with van der Waals surface area (Å²) in [5.41, 5.74) is 2.83. The summed E-state index contributed by atoms with van der Waals surface area (Å²) in [5.74, 6) is 4.36. The number of hydrogen-bond acceptors (Lipinski definition) is 2. The molecule has 2 rings (SSSR count). The molecule has 0 spiro atoms. The van der Waals surface area contributed by atoms with Gasteiger partial charge in [-0.2, -0.15) is 0 Å². The summed E-state index contributed by atoms with van der Waals surface area (Å²) in [4.78, 5) is 0. The molecule has 112 valence electrons. The molecule has 2 aromatic carbocycles. The van der Waals surface area contributed by atoms with Gasteiger partial charge < -0.3 is 0 Å². The first-order valence-corrected chi connectivity index (χ1v) is 7.34. The van der Waals surface area contributed by atoms with Crippen molar-refractivity contribution in [3.63, 3.8) is 0 Å². The number of hydrogen-bond donors (Lipinski definition) is 2. The van der Waals surface area contributed by atoms with Crippen molar-refractivity contribution in [1.29, 1.82) is 0 Å². The summed E-state index contributed by atoms with van der Waals surface area (Å²) in [6.45, 7) is 3.79. The summed E-state index contributed by atoms with van der Waals surface area (Å²) in [6.07, 6.45) is 0. The van der Waals surface area contributed by atoms with Gasteiger partial charge in [0.2, 0.25) is 0 Å². The summed E-state index contributed by atoms with van der Waals surface area (Å²) >= 11 is 3.09. The number of nitrogens with two attached hydrogens (primary N) is 1. The van der Waals surface area contributed by atoms with Crippen molar-refractivity contribution in [2.75, 3.05) is 0 Å². The second kappa shape index (κ2) is 6.22. The second-order valence-electron chi connectivity index (χ2n) is 5.44. The molecule has 0 radical (unpaired) electrons. The monoisotopic (exact) mass is 354 g/mol. The van der Waals surface area contributed by atoms with E-state index in [-0.39, 0.29) is 10.0 Å². The van der Waals surface area contributed by atoms with Crippen LogP contribution in [0.5, 0.6) is 0 Å². The van der Waals surface area contributed by atoms with E-state index in [1.165, 1.54) is 12.1 Å². The fourth-order valence-electron chi connectivity index (χ4n) is 2.49. The lowest BCUT2D eigenvalue weighted by molar-refractivity contribution is 0.330. The number of rotatable bonds is 4. The van der Waals surface area contributed by atoms with Crippen molar-refractivity contribution in [3.8, 4) is 0 Å². The molecule has 0 heterocycles. The Morgan fingerprint density at radius 2 is 1.71 bits per heavy atom. The van der Waals surface area contributed by atoms with E-state index in [2.05, 4.69) is 21.4 Å². The molecule has 3 N–H and O–H groups in total. The predicted molar refractivity (Wildman–Crippen MR) is 83.6 cm³/mol. The molecule has 0 fully saturated rings. The minimum Gasteiger partial charge on any atom is -0.271 e. The lowest BCUT2D eigenvalue weighted by atomic mass is 9.75. The van der Waals surface area contributed by atoms with Gasteiger partial charge in [-0.1, -0.05) is 44.2 Å². The standard InChI is InChI=1S/C16H17BrF2N2/c1-16(2,10-6-4-3-5-7-10)15(21-20)13-12(18)9-8-11(17)14(13)19/h3-9,15,21H,20H2,1-2H3. The molecule has 0 aromatic heterocycles. The predicted octanol–water partition coefficient (Wildman–Crippen LogP) is 4.21. The molecule has 1 atom stereocenters. The van der Waals surface area contributed by atoms with Crippen molar-refractivity contribution >= 4 is 15.9 Å². The van der Waals surface area contributed by atoms with Gasteiger partial charge in [0.1, 0.15) is 11.6 Å². The Morgan fingerprint density at radius 3 is 2.29 bits per heavy atom. The molecule has 2 nitrogen and oxygen atoms in total. The summed E-state index contributed by atoms with van der Waals surface area (Å²) in [7, 11) is 0. The Balaban J connectivity index is 2.57. The lowest BCUT2D eigenvalue weighted by Gasteiger charge is -2.35. The van der Waals surface area contributed by atoms with Gasteiger partial charge in [0.15, 0.2) is 0 Å². The van der Waals surface area contributed by atoms with Crippen LogP contribution < -0.4 is 11.3 Å². The van der Waals surface area contributed by atoms with Crippen LogP contribution in [-0.4, -0.2) is 0 Å². The third-order valence-electron chi connectivity index (χ3n) is 3.77. The second-order valence-corrected chi connectivity index (χ2v) is 6.30. The highest BCUT2D eigenvalue weighted by Gasteiger charge is 2.35. The van der Waals surface area contributed by atoms with Crippen LogP contribution in [0, 0.1) is 11.6 Å². The first-order valence-electron chi connectivity index (χ1n) is 6.54. The van der Waals surface area contributed by atoms with Gasteiger partial charge in [-0.3, -0.25) is 11.3 Å². The van der Waals surface area contributed by atoms with E-state index in [0.29, 0.717) is 0 Å². The van der Waals surface area contributed by atoms with Crippen molar-refractivity contribution < 1.29 is 8.78 Å². The van der Waals surface area contributed by atoms with Gasteiger partial charge in [0.25, 0.3) is 0 Å². The summed E-state index contributed by atoms with van der Waals surface area (Å²) in [5, 5.41) is 0. The van der Waals surface area contributed by atoms with E-state index >= 15 is 0 Å². The Hall–Kier alpha value is -1.30. The van der Waals surface area contributed by atoms with Crippen LogP contribution in [0.25, 0.3) is 0 Å². The number of halogens is 3. The van der Waals surface area contributed by atoms with Gasteiger partial charge in [-0.25, -0.2) is 8.78 Å². The highest BCUT2D eigenvalue weighted by Crippen LogP contribution is 2.39. The van der Waals surface area contributed by atoms with Crippen LogP contribution >= 0.6 is 15.9 Å². The molecule has 0 saturated carbocycles. The number of hydrazine groups is 1. The average molecular weight is 355 g/mol. The maximum atomic E-state index is 14.4. The molecular weight excluding hydrogens is 338 g/mol. The van der Waals surface area contributed by atoms with Gasteiger partial charge in [-0.15, -0.1) is 0 Å². The first-order chi connectivity index (χ1) is 9.89. The highest BCUT2D eigenvalue weighted by molar-refractivity contribution is 9.10. The molecule has 5 heteroatoms. The molecule has 1 unspecified atom stereocenters. The zero-order chi connectivity index (χ0) is 15.6. The molecule has 0 aliphatic carbocycles. The topological polar surface area (TPSA) is 38.0 Å². The van der Waals surface area contributed by atoms with Crippen molar-refractivity contribution in [2.45, 2.75) is 25.3 Å². The molecule has 21 heavy (non-hydrogen) atoms. The lowest BCUT2D eigenvalue weighted by Crippen LogP contribution is -2.42. The van der Waals surface area contributed by atoms with E-state index in [4.69, 9.17) is 5.84 Å². The van der Waals surface area contributed by atoms with Crippen molar-refractivity contribution in [2.24, 2.45) is 5.84 Å². The summed E-state index contributed by atoms with van der Waals surface area (Å²) in [6, 6.07) is 11.4. The zero-order valence-corrected chi connectivity index (χ0v) is 13.4. The highest BCUT2D eigenvalue weighted by atomic mass is 79.9. The number of benzene rings is 2. The van der Waals surface area contributed by atoms with E-state index in [1.807, 2.05) is 44.2 Å². The molecule has 0 aliphatic rings. The minimum atomic E-state index is -0.711. The first kappa shape index (κ1) is 16.1. The Morgan fingerprint density at radius 1 is 1.10 bits per heavy atom. The largest absolute Gasteiger partial charge is 0.271 e. The summed E-state index contributed by atoms with van der Waals surface area (Å²) < 4.78 is 28.7. The Kier molecular flexibility index (Phi) is 4.76. The Labute approximate surface area is 131 Å². The van der Waals surface area contributed by atoms with Crippen LogP contribution in [0.3, 0.4) is 0 Å². The third kappa shape index (κ3) is 3.00. The van der Waals surface area contributed by atoms with Gasteiger partial charge >= 0.3 is 0 Å². The van der Waals surface area contributed by atoms with Crippen molar-refractivity contribution in [1.82, 2.24) is 5.43 Å². The van der Waals surface area contributed by atoms with E-state index < -0.39 is 23.1 Å². The molecule has 0 amide bonds. The van der Waals surface area contributed by atoms with Crippen LogP contribution in [0.2, 0.25) is 0 Å². The molecule has 0 bridgehead atoms. The minimum absolute atomic E-state index is 0.0688. The van der Waals surface area contributed by atoms with Gasteiger partial charge in [0.05, 0.1) is 10.5 Å². The van der Waals surface area contributed by atoms with Crippen LogP contribution in [0.15, 0.2) is 46.9 Å². The number of nitrogens with one attached hydrogen (secondary N) is 1. The normalized spacial score (nSPS) is 13.2. The van der Waals surface area contributed by atoms with Gasteiger partial charge in [-0.05, 0) is 33.6 Å². The van der Waals surface area contributed by atoms with E-state index in [0.717, 1.165) is 5.56 Å². The quantitative estimate of drug-likeness (QED) is 0.490. The maximum absolute atomic E-state index is 14.4. The fraction of sp³-hybridized carbons (Fsp3) is 0.250. The molecular formula is C16H17BrF2N2. The molecule has 2 aromatic rings. The smallest absolute Gasteiger partial charge is 0.145 e. The molecule has 0 aliphatic heterocycles. The van der Waals surface area contributed by atoms with Crippen LogP contribution in [-0.2, 0) is 5.41 Å². The molecule has 0 saturated heterocycles. The Bertz CT molecular complexity index is 630. The van der Waals surface area contributed by atoms with Crippen molar-refractivity contribution in [3.05, 3.63) is 69.7 Å². The van der Waals surface area contributed by atoms with Crippen LogP contribution in [0.4, 0.5) is 8.78 Å². The average Bonchev–Trinajstić information content (AvgIpc) is 2.48. The van der Waals surface area contributed by atoms with E-state index in [9.17, 15) is 8.78 Å². The third-order valence-corrected chi connectivity index (χ3v) is 4.39. The fourth-order valence-corrected chi connectivity index (χ4v) is 2.84. The SMILES string of the molecule is CC(C)(c1ccccc1)C(NN)c1c(F)ccc(Br)c1F.